The lowest BCUT2D eigenvalue weighted by Crippen LogP contribution is -2.26. The van der Waals surface area contributed by atoms with Gasteiger partial charge in [0.2, 0.25) is 5.52 Å². The van der Waals surface area contributed by atoms with Gasteiger partial charge >= 0.3 is 0 Å². The zero-order valence-electron chi connectivity index (χ0n) is 15.4. The first-order valence-corrected chi connectivity index (χ1v) is 9.96. The van der Waals surface area contributed by atoms with Crippen molar-refractivity contribution < 1.29 is 9.52 Å². The van der Waals surface area contributed by atoms with Crippen LogP contribution in [0.25, 0.3) is 10.9 Å². The van der Waals surface area contributed by atoms with E-state index >= 15 is 0 Å². The molecule has 29 heavy (non-hydrogen) atoms. The summed E-state index contributed by atoms with van der Waals surface area (Å²) in [7, 11) is 0. The summed E-state index contributed by atoms with van der Waals surface area (Å²) in [4.78, 5) is 12.9. The van der Waals surface area contributed by atoms with Gasteiger partial charge in [-0.25, -0.2) is 0 Å². The molecule has 0 atom stereocenters. The Morgan fingerprint density at radius 3 is 2.34 bits per heavy atom. The molecule has 0 N–H and O–H groups in total. The van der Waals surface area contributed by atoms with Gasteiger partial charge in [0, 0.05) is 33.3 Å². The summed E-state index contributed by atoms with van der Waals surface area (Å²) in [6.45, 7) is 0. The van der Waals surface area contributed by atoms with Crippen LogP contribution in [-0.4, -0.2) is 5.78 Å². The number of hydrogen-bond donors (Lipinski definition) is 0. The van der Waals surface area contributed by atoms with Gasteiger partial charge in [-0.15, -0.1) is 0 Å². The Kier molecular flexibility index (Phi) is 5.52. The van der Waals surface area contributed by atoms with E-state index in [-0.39, 0.29) is 5.78 Å². The molecule has 3 aromatic carbocycles. The van der Waals surface area contributed by atoms with Crippen molar-refractivity contribution >= 4 is 39.9 Å². The number of nitrogens with zero attached hydrogens (tertiary/aromatic N) is 1. The third-order valence-electron chi connectivity index (χ3n) is 4.93. The van der Waals surface area contributed by atoms with Crippen LogP contribution >= 0.6 is 23.2 Å². The van der Waals surface area contributed by atoms with Crippen molar-refractivity contribution in [2.24, 2.45) is 0 Å². The van der Waals surface area contributed by atoms with E-state index in [4.69, 9.17) is 23.2 Å². The molecule has 1 heterocycles. The summed E-state index contributed by atoms with van der Waals surface area (Å²) in [5.74, 6) is -0.106. The van der Waals surface area contributed by atoms with Crippen LogP contribution < -0.4 is 4.73 Å². The maximum absolute atomic E-state index is 12.9. The number of ketones is 1. The zero-order valence-corrected chi connectivity index (χ0v) is 17.0. The quantitative estimate of drug-likeness (QED) is 0.232. The molecule has 4 aromatic rings. The van der Waals surface area contributed by atoms with Gasteiger partial charge in [-0.1, -0.05) is 35.3 Å². The van der Waals surface area contributed by atoms with Crippen LogP contribution in [0.5, 0.6) is 0 Å². The van der Waals surface area contributed by atoms with Crippen LogP contribution in [0.2, 0.25) is 10.0 Å². The van der Waals surface area contributed by atoms with Gasteiger partial charge in [0.15, 0.2) is 12.0 Å². The molecular formula is C24H17Cl2NO2. The summed E-state index contributed by atoms with van der Waals surface area (Å²) >= 11 is 12.0. The minimum atomic E-state index is -0.106. The molecule has 0 saturated heterocycles. The molecular weight excluding hydrogens is 405 g/mol. The first kappa shape index (κ1) is 19.4. The molecule has 0 aliphatic carbocycles. The van der Waals surface area contributed by atoms with Crippen molar-refractivity contribution in [1.82, 2.24) is 0 Å². The van der Waals surface area contributed by atoms with E-state index in [1.54, 1.807) is 42.5 Å². The molecule has 0 bridgehead atoms. The Labute approximate surface area is 178 Å². The molecule has 1 aromatic heterocycles. The van der Waals surface area contributed by atoms with E-state index in [0.29, 0.717) is 26.7 Å². The second kappa shape index (κ2) is 8.24. The average Bonchev–Trinajstić information content (AvgIpc) is 2.73. The molecule has 0 radical (unpaired) electrons. The van der Waals surface area contributed by atoms with Crippen LogP contribution in [0.15, 0.2) is 79.0 Å². The smallest absolute Gasteiger partial charge is 0.224 e. The minimum Gasteiger partial charge on any atom is -0.618 e. The third kappa shape index (κ3) is 4.26. The van der Waals surface area contributed by atoms with Crippen LogP contribution in [0.1, 0.15) is 27.0 Å². The van der Waals surface area contributed by atoms with Crippen LogP contribution in [0, 0.1) is 5.21 Å². The fraction of sp³-hybridized carbons (Fsp3) is 0.0833. The highest BCUT2D eigenvalue weighted by Gasteiger charge is 2.15. The highest BCUT2D eigenvalue weighted by molar-refractivity contribution is 6.31. The maximum Gasteiger partial charge on any atom is 0.224 e. The van der Waals surface area contributed by atoms with E-state index in [9.17, 15) is 10.0 Å². The van der Waals surface area contributed by atoms with E-state index in [2.05, 4.69) is 0 Å². The molecule has 0 aliphatic rings. The Bertz CT molecular complexity index is 1200. The highest BCUT2D eigenvalue weighted by Crippen LogP contribution is 2.22. The predicted molar refractivity (Wildman–Crippen MR) is 117 cm³/mol. The number of carbonyl (C=O) groups is 1. The monoisotopic (exact) mass is 421 g/mol. The SMILES string of the molecule is O=C(c1ccc(Cl)cc1)c1ccc2c(c1)c(CCc1cccc(Cl)c1)cc[n+]2[O-]. The number of benzene rings is 3. The van der Waals surface area contributed by atoms with Gasteiger partial charge in [0.05, 0.1) is 5.39 Å². The highest BCUT2D eigenvalue weighted by atomic mass is 35.5. The van der Waals surface area contributed by atoms with Crippen molar-refractivity contribution in [2.75, 3.05) is 0 Å². The lowest BCUT2D eigenvalue weighted by molar-refractivity contribution is -0.577. The van der Waals surface area contributed by atoms with E-state index in [1.807, 2.05) is 30.3 Å². The van der Waals surface area contributed by atoms with Crippen LogP contribution in [0.3, 0.4) is 0 Å². The number of aromatic nitrogens is 1. The van der Waals surface area contributed by atoms with Gasteiger partial charge in [-0.05, 0) is 72.5 Å². The minimum absolute atomic E-state index is 0.106. The zero-order chi connectivity index (χ0) is 20.4. The maximum atomic E-state index is 12.9. The lowest BCUT2D eigenvalue weighted by atomic mass is 9.97. The molecule has 4 rings (SSSR count). The fourth-order valence-corrected chi connectivity index (χ4v) is 3.75. The molecule has 0 spiro atoms. The number of hydrogen-bond acceptors (Lipinski definition) is 2. The Balaban J connectivity index is 1.69. The molecule has 0 aliphatic heterocycles. The summed E-state index contributed by atoms with van der Waals surface area (Å²) < 4.78 is 0.828. The van der Waals surface area contributed by atoms with Gasteiger partial charge in [-0.3, -0.25) is 4.79 Å². The standard InChI is InChI=1S/C24H17Cl2NO2/c25-20-9-6-18(7-10-20)24(28)19-8-11-23-22(15-19)17(12-13-27(23)29)5-4-16-2-1-3-21(26)14-16/h1-3,6-15H,4-5H2. The van der Waals surface area contributed by atoms with Gasteiger partial charge < -0.3 is 5.21 Å². The van der Waals surface area contributed by atoms with Crippen molar-refractivity contribution in [3.63, 3.8) is 0 Å². The van der Waals surface area contributed by atoms with Gasteiger partial charge in [0.1, 0.15) is 0 Å². The summed E-state index contributed by atoms with van der Waals surface area (Å²) in [6, 6.07) is 21.5. The lowest BCUT2D eigenvalue weighted by Gasteiger charge is -2.09. The number of aryl methyl sites for hydroxylation is 2. The Morgan fingerprint density at radius 1 is 0.828 bits per heavy atom. The Hall–Kier alpha value is -2.88. The van der Waals surface area contributed by atoms with Crippen LogP contribution in [-0.2, 0) is 12.8 Å². The topological polar surface area (TPSA) is 44.0 Å². The number of rotatable bonds is 5. The van der Waals surface area contributed by atoms with E-state index in [1.165, 1.54) is 6.20 Å². The Morgan fingerprint density at radius 2 is 1.59 bits per heavy atom. The molecule has 0 saturated carbocycles. The molecule has 0 unspecified atom stereocenters. The fourth-order valence-electron chi connectivity index (χ4n) is 3.41. The predicted octanol–water partition coefficient (Wildman–Crippen LogP) is 5.80. The van der Waals surface area contributed by atoms with Crippen molar-refractivity contribution in [1.29, 1.82) is 0 Å². The molecule has 5 heteroatoms. The molecule has 3 nitrogen and oxygen atoms in total. The normalized spacial score (nSPS) is 11.0. The molecule has 0 amide bonds. The average molecular weight is 422 g/mol. The first-order chi connectivity index (χ1) is 14.0. The van der Waals surface area contributed by atoms with E-state index in [0.717, 1.165) is 34.1 Å². The summed E-state index contributed by atoms with van der Waals surface area (Å²) in [5, 5.41) is 14.3. The van der Waals surface area contributed by atoms with Gasteiger partial charge in [0.25, 0.3) is 0 Å². The number of fused-ring (bicyclic) bond motifs is 1. The third-order valence-corrected chi connectivity index (χ3v) is 5.42. The van der Waals surface area contributed by atoms with Crippen molar-refractivity contribution in [2.45, 2.75) is 12.8 Å². The molecule has 144 valence electrons. The second-order valence-electron chi connectivity index (χ2n) is 6.86. The van der Waals surface area contributed by atoms with E-state index < -0.39 is 0 Å². The summed E-state index contributed by atoms with van der Waals surface area (Å²) in [5.41, 5.74) is 3.77. The van der Waals surface area contributed by atoms with Gasteiger partial charge in [-0.2, -0.15) is 4.73 Å². The number of carbonyl (C=O) groups excluding carboxylic acids is 1. The second-order valence-corrected chi connectivity index (χ2v) is 7.74. The first-order valence-electron chi connectivity index (χ1n) is 9.21. The number of halogens is 2. The van der Waals surface area contributed by atoms with Crippen LogP contribution in [0.4, 0.5) is 0 Å². The van der Waals surface area contributed by atoms with Crippen molar-refractivity contribution in [3.8, 4) is 0 Å². The van der Waals surface area contributed by atoms with Crippen molar-refractivity contribution in [3.05, 3.63) is 116 Å². The number of pyridine rings is 1. The largest absolute Gasteiger partial charge is 0.618 e. The summed E-state index contributed by atoms with van der Waals surface area (Å²) in [6.07, 6.45) is 3.03. The molecule has 0 fully saturated rings.